The number of ether oxygens (including phenoxy) is 2. The van der Waals surface area contributed by atoms with Gasteiger partial charge in [0.25, 0.3) is 0 Å². The zero-order chi connectivity index (χ0) is 21.1. The summed E-state index contributed by atoms with van der Waals surface area (Å²) in [6.07, 6.45) is 3.21. The number of fused-ring (bicyclic) bond motifs is 1. The fourth-order valence-corrected chi connectivity index (χ4v) is 5.32. The second kappa shape index (κ2) is 8.69. The highest BCUT2D eigenvalue weighted by atomic mass is 32.2. The van der Waals surface area contributed by atoms with Crippen LogP contribution in [0.4, 0.5) is 0 Å². The quantitative estimate of drug-likeness (QED) is 0.749. The van der Waals surface area contributed by atoms with Gasteiger partial charge in [0, 0.05) is 37.5 Å². The van der Waals surface area contributed by atoms with E-state index in [0.29, 0.717) is 57.1 Å². The first-order valence-electron chi connectivity index (χ1n) is 10.2. The van der Waals surface area contributed by atoms with E-state index in [1.54, 1.807) is 12.3 Å². The van der Waals surface area contributed by atoms with Crippen LogP contribution in [0.25, 0.3) is 0 Å². The first kappa shape index (κ1) is 20.7. The van der Waals surface area contributed by atoms with Gasteiger partial charge in [-0.05, 0) is 44.0 Å². The highest BCUT2D eigenvalue weighted by molar-refractivity contribution is 7.89. The van der Waals surface area contributed by atoms with Gasteiger partial charge in [-0.25, -0.2) is 8.42 Å². The molecule has 1 amide bonds. The molecule has 162 valence electrons. The lowest BCUT2D eigenvalue weighted by Crippen LogP contribution is -2.45. The molecule has 1 unspecified atom stereocenters. The van der Waals surface area contributed by atoms with Crippen LogP contribution in [-0.2, 0) is 21.2 Å². The van der Waals surface area contributed by atoms with Crippen LogP contribution in [0, 0.1) is 5.92 Å². The Hall–Kier alpha value is -2.52. The molecule has 2 aliphatic heterocycles. The van der Waals surface area contributed by atoms with E-state index >= 15 is 0 Å². The molecule has 1 atom stereocenters. The van der Waals surface area contributed by atoms with Crippen molar-refractivity contribution in [2.24, 2.45) is 5.92 Å². The Morgan fingerprint density at radius 3 is 2.60 bits per heavy atom. The number of nitrogens with zero attached hydrogens (tertiary/aromatic N) is 1. The maximum Gasteiger partial charge on any atom is 0.243 e. The molecule has 0 bridgehead atoms. The summed E-state index contributed by atoms with van der Waals surface area (Å²) in [7, 11) is -3.65. The predicted octanol–water partition coefficient (Wildman–Crippen LogP) is 2.20. The molecule has 0 radical (unpaired) electrons. The van der Waals surface area contributed by atoms with Gasteiger partial charge in [0.15, 0.2) is 11.5 Å². The highest BCUT2D eigenvalue weighted by Gasteiger charge is 2.33. The zero-order valence-electron chi connectivity index (χ0n) is 16.9. The molecule has 1 N–H and O–H groups in total. The summed E-state index contributed by atoms with van der Waals surface area (Å²) in [5, 5.41) is 3.01. The summed E-state index contributed by atoms with van der Waals surface area (Å²) in [4.78, 5) is 12.8. The van der Waals surface area contributed by atoms with Gasteiger partial charge >= 0.3 is 0 Å². The Balaban J connectivity index is 1.33. The number of carbonyl (C=O) groups excluding carboxylic acids is 1. The lowest BCUT2D eigenvalue weighted by Gasteiger charge is -2.31. The van der Waals surface area contributed by atoms with E-state index in [-0.39, 0.29) is 22.8 Å². The van der Waals surface area contributed by atoms with Crippen molar-refractivity contribution in [1.29, 1.82) is 0 Å². The van der Waals surface area contributed by atoms with Gasteiger partial charge in [-0.15, -0.1) is 0 Å². The van der Waals surface area contributed by atoms with Crippen LogP contribution in [0.3, 0.4) is 0 Å². The molecule has 0 aliphatic carbocycles. The van der Waals surface area contributed by atoms with Gasteiger partial charge in [-0.3, -0.25) is 4.79 Å². The molecule has 4 rings (SSSR count). The normalized spacial score (nSPS) is 18.7. The molecule has 1 saturated heterocycles. The number of hydrogen-bond acceptors (Lipinski definition) is 6. The number of sulfonamides is 1. The van der Waals surface area contributed by atoms with Crippen LogP contribution in [0.15, 0.2) is 45.9 Å². The van der Waals surface area contributed by atoms with Crippen molar-refractivity contribution in [2.75, 3.05) is 26.3 Å². The van der Waals surface area contributed by atoms with E-state index in [1.165, 1.54) is 16.4 Å². The first-order valence-corrected chi connectivity index (χ1v) is 11.6. The minimum Gasteiger partial charge on any atom is -0.486 e. The number of rotatable bonds is 6. The summed E-state index contributed by atoms with van der Waals surface area (Å²) < 4.78 is 43.8. The Labute approximate surface area is 176 Å². The van der Waals surface area contributed by atoms with Crippen molar-refractivity contribution in [1.82, 2.24) is 9.62 Å². The largest absolute Gasteiger partial charge is 0.486 e. The third kappa shape index (κ3) is 4.46. The minimum atomic E-state index is -3.65. The van der Waals surface area contributed by atoms with Crippen molar-refractivity contribution in [3.8, 4) is 11.5 Å². The monoisotopic (exact) mass is 434 g/mol. The first-order chi connectivity index (χ1) is 14.4. The topological polar surface area (TPSA) is 98.1 Å². The summed E-state index contributed by atoms with van der Waals surface area (Å²) in [5.74, 6) is 1.59. The molecule has 1 aromatic heterocycles. The van der Waals surface area contributed by atoms with Crippen LogP contribution < -0.4 is 14.8 Å². The second-order valence-corrected chi connectivity index (χ2v) is 9.61. The molecule has 30 heavy (non-hydrogen) atoms. The Morgan fingerprint density at radius 1 is 1.17 bits per heavy atom. The summed E-state index contributed by atoms with van der Waals surface area (Å²) in [5.41, 5.74) is 0. The molecular formula is C21H26N2O6S. The summed E-state index contributed by atoms with van der Waals surface area (Å²) in [6.45, 7) is 3.40. The van der Waals surface area contributed by atoms with Gasteiger partial charge in [0.2, 0.25) is 15.9 Å². The molecule has 0 saturated carbocycles. The van der Waals surface area contributed by atoms with Gasteiger partial charge in [-0.1, -0.05) is 0 Å². The lowest BCUT2D eigenvalue weighted by molar-refractivity contribution is -0.126. The van der Waals surface area contributed by atoms with Gasteiger partial charge in [0.05, 0.1) is 11.2 Å². The maximum atomic E-state index is 13.0. The van der Waals surface area contributed by atoms with Crippen LogP contribution in [0.2, 0.25) is 0 Å². The van der Waals surface area contributed by atoms with Crippen molar-refractivity contribution in [2.45, 2.75) is 37.1 Å². The molecule has 0 spiro atoms. The van der Waals surface area contributed by atoms with E-state index in [4.69, 9.17) is 13.9 Å². The summed E-state index contributed by atoms with van der Waals surface area (Å²) >= 11 is 0. The molecule has 1 fully saturated rings. The van der Waals surface area contributed by atoms with Crippen molar-refractivity contribution in [3.63, 3.8) is 0 Å². The third-order valence-corrected chi connectivity index (χ3v) is 7.35. The number of hydrogen-bond donors (Lipinski definition) is 1. The van der Waals surface area contributed by atoms with Gasteiger partial charge in [-0.2, -0.15) is 4.31 Å². The molecular weight excluding hydrogens is 408 g/mol. The second-order valence-electron chi connectivity index (χ2n) is 7.68. The lowest BCUT2D eigenvalue weighted by atomic mass is 9.96. The number of piperidine rings is 1. The van der Waals surface area contributed by atoms with Crippen LogP contribution in [0.1, 0.15) is 25.5 Å². The van der Waals surface area contributed by atoms with Crippen LogP contribution in [-0.4, -0.2) is 51.0 Å². The van der Waals surface area contributed by atoms with E-state index in [9.17, 15) is 13.2 Å². The van der Waals surface area contributed by atoms with Crippen molar-refractivity contribution >= 4 is 15.9 Å². The van der Waals surface area contributed by atoms with E-state index in [0.717, 1.165) is 5.76 Å². The van der Waals surface area contributed by atoms with E-state index < -0.39 is 10.0 Å². The fourth-order valence-electron chi connectivity index (χ4n) is 3.83. The smallest absolute Gasteiger partial charge is 0.243 e. The van der Waals surface area contributed by atoms with Gasteiger partial charge < -0.3 is 19.2 Å². The highest BCUT2D eigenvalue weighted by Crippen LogP contribution is 2.34. The number of furan rings is 1. The molecule has 2 aromatic rings. The van der Waals surface area contributed by atoms with Crippen molar-refractivity contribution < 1.29 is 27.1 Å². The van der Waals surface area contributed by atoms with Crippen LogP contribution in [0.5, 0.6) is 11.5 Å². The molecule has 8 nitrogen and oxygen atoms in total. The average Bonchev–Trinajstić information content (AvgIpc) is 3.26. The average molecular weight is 435 g/mol. The predicted molar refractivity (Wildman–Crippen MR) is 109 cm³/mol. The third-order valence-electron chi connectivity index (χ3n) is 5.45. The van der Waals surface area contributed by atoms with E-state index in [2.05, 4.69) is 5.32 Å². The Bertz CT molecular complexity index is 981. The van der Waals surface area contributed by atoms with E-state index in [1.807, 2.05) is 19.1 Å². The number of amides is 1. The maximum absolute atomic E-state index is 13.0. The SMILES string of the molecule is CC(Cc1ccco1)NC(=O)C1CCN(S(=O)(=O)c2ccc3c(c2)OCCO3)CC1. The van der Waals surface area contributed by atoms with Crippen molar-refractivity contribution in [3.05, 3.63) is 42.4 Å². The zero-order valence-corrected chi connectivity index (χ0v) is 17.7. The number of carbonyl (C=O) groups is 1. The molecule has 2 aliphatic rings. The minimum absolute atomic E-state index is 0.0366. The number of benzene rings is 1. The van der Waals surface area contributed by atoms with Crippen LogP contribution >= 0.6 is 0 Å². The fraction of sp³-hybridized carbons (Fsp3) is 0.476. The number of nitrogens with one attached hydrogen (secondary N) is 1. The Kier molecular flexibility index (Phi) is 6.01. The standard InChI is InChI=1S/C21H26N2O6S/c1-15(13-17-3-2-10-27-17)22-21(24)16-6-8-23(9-7-16)30(25,26)18-4-5-19-20(14-18)29-12-11-28-19/h2-5,10,14-16H,6-9,11-13H2,1H3,(H,22,24). The molecule has 1 aromatic carbocycles. The molecule has 9 heteroatoms. The Morgan fingerprint density at radius 2 is 1.90 bits per heavy atom. The van der Waals surface area contributed by atoms with Gasteiger partial charge in [0.1, 0.15) is 19.0 Å². The summed E-state index contributed by atoms with van der Waals surface area (Å²) in [6, 6.07) is 8.33. The molecule has 3 heterocycles.